The fourth-order valence-electron chi connectivity index (χ4n) is 6.41. The number of ether oxygens (including phenoxy) is 1. The molecular formula is C35H35ClN6O4. The van der Waals surface area contributed by atoms with Gasteiger partial charge in [-0.2, -0.15) is 0 Å². The highest BCUT2D eigenvalue weighted by Gasteiger charge is 2.36. The first-order chi connectivity index (χ1) is 22.3. The number of anilines is 3. The number of hydrogen-bond acceptors (Lipinski definition) is 7. The number of aliphatic hydroxyl groups is 1. The van der Waals surface area contributed by atoms with E-state index in [-0.39, 0.29) is 17.9 Å². The molecule has 5 aromatic rings. The molecule has 236 valence electrons. The first-order valence-corrected chi connectivity index (χ1v) is 15.8. The van der Waals surface area contributed by atoms with Gasteiger partial charge in [0.1, 0.15) is 5.75 Å². The number of carbonyl (C=O) groups excluding carboxylic acids is 2. The topological polar surface area (TPSA) is 127 Å². The summed E-state index contributed by atoms with van der Waals surface area (Å²) in [5.41, 5.74) is 10.7. The zero-order valence-corrected chi connectivity index (χ0v) is 26.1. The molecule has 0 spiro atoms. The van der Waals surface area contributed by atoms with Crippen LogP contribution in [-0.4, -0.2) is 77.5 Å². The summed E-state index contributed by atoms with van der Waals surface area (Å²) < 4.78 is 6.04. The number of benzene rings is 4. The van der Waals surface area contributed by atoms with E-state index in [1.165, 1.54) is 0 Å². The molecule has 10 nitrogen and oxygen atoms in total. The number of fused-ring (bicyclic) bond motifs is 4. The molecule has 2 aliphatic rings. The van der Waals surface area contributed by atoms with Crippen LogP contribution in [0.25, 0.3) is 21.7 Å². The SMILES string of the molecule is CN1CCN(C(=O)Oc2cc3c(c4ccccc24)[C@H](CCl)CN3C(O)c2cc3cc(NC(=O)c4ccc(N)cc4)ccc3[nH]2)CC1. The largest absolute Gasteiger partial charge is 0.415 e. The number of aromatic amines is 1. The minimum absolute atomic E-state index is 0.0434. The third kappa shape index (κ3) is 5.60. The summed E-state index contributed by atoms with van der Waals surface area (Å²) in [6, 6.07) is 23.9. The van der Waals surface area contributed by atoms with Gasteiger partial charge in [-0.05, 0) is 66.5 Å². The summed E-state index contributed by atoms with van der Waals surface area (Å²) >= 11 is 6.51. The van der Waals surface area contributed by atoms with Crippen LogP contribution in [0.15, 0.2) is 78.9 Å². The number of H-pyrrole nitrogens is 1. The molecule has 2 aliphatic heterocycles. The predicted molar refractivity (Wildman–Crippen MR) is 182 cm³/mol. The maximum atomic E-state index is 13.2. The van der Waals surface area contributed by atoms with Crippen LogP contribution >= 0.6 is 11.6 Å². The molecule has 0 saturated carbocycles. The molecule has 0 bridgehead atoms. The number of nitrogens with two attached hydrogens (primary N) is 1. The fraction of sp³-hybridized carbons (Fsp3) is 0.257. The highest BCUT2D eigenvalue weighted by Crippen LogP contribution is 2.48. The summed E-state index contributed by atoms with van der Waals surface area (Å²) in [5.74, 6) is 0.527. The number of amides is 2. The third-order valence-corrected chi connectivity index (χ3v) is 9.32. The molecule has 0 aliphatic carbocycles. The number of aliphatic hydroxyl groups excluding tert-OH is 1. The van der Waals surface area contributed by atoms with Crippen molar-refractivity contribution in [3.8, 4) is 5.75 Å². The molecule has 11 heteroatoms. The van der Waals surface area contributed by atoms with Gasteiger partial charge in [0.25, 0.3) is 5.91 Å². The third-order valence-electron chi connectivity index (χ3n) is 8.95. The smallest absolute Gasteiger partial charge is 0.409 e. The Morgan fingerprint density at radius 1 is 1.02 bits per heavy atom. The van der Waals surface area contributed by atoms with E-state index in [2.05, 4.69) is 15.2 Å². The van der Waals surface area contributed by atoms with E-state index in [9.17, 15) is 14.7 Å². The number of rotatable bonds is 6. The van der Waals surface area contributed by atoms with Gasteiger partial charge in [0.2, 0.25) is 0 Å². The summed E-state index contributed by atoms with van der Waals surface area (Å²) in [6.45, 7) is 3.27. The lowest BCUT2D eigenvalue weighted by molar-refractivity contribution is 0.102. The van der Waals surface area contributed by atoms with Crippen molar-refractivity contribution in [1.82, 2.24) is 14.8 Å². The normalized spacial score (nSPS) is 17.3. The standard InChI is InChI=1S/C35H35ClN6O4/c1-40-12-14-41(15-13-40)35(45)46-31-18-30-32(27-5-3-2-4-26(27)31)23(19-36)20-42(30)34(44)29-17-22-16-25(10-11-28(22)39-29)38-33(43)21-6-8-24(37)9-7-21/h2-11,16-18,23,34,39,44H,12-15,19-20,37H2,1H3,(H,38,43)/t23-,34?/m1/s1. The fourth-order valence-corrected chi connectivity index (χ4v) is 6.66. The highest BCUT2D eigenvalue weighted by molar-refractivity contribution is 6.19. The minimum Gasteiger partial charge on any atom is -0.409 e. The highest BCUT2D eigenvalue weighted by atomic mass is 35.5. The number of alkyl halides is 1. The molecule has 2 amide bonds. The number of aromatic nitrogens is 1. The number of piperazine rings is 1. The quantitative estimate of drug-likeness (QED) is 0.138. The second-order valence-corrected chi connectivity index (χ2v) is 12.3. The maximum Gasteiger partial charge on any atom is 0.415 e. The molecule has 5 N–H and O–H groups in total. The van der Waals surface area contributed by atoms with Crippen LogP contribution in [0, 0.1) is 0 Å². The van der Waals surface area contributed by atoms with Crippen LogP contribution < -0.4 is 20.7 Å². The maximum absolute atomic E-state index is 13.2. The lowest BCUT2D eigenvalue weighted by Crippen LogP contribution is -2.48. The van der Waals surface area contributed by atoms with Crippen molar-refractivity contribution in [3.05, 3.63) is 95.7 Å². The van der Waals surface area contributed by atoms with Crippen molar-refractivity contribution >= 4 is 62.3 Å². The second-order valence-electron chi connectivity index (χ2n) is 12.0. The van der Waals surface area contributed by atoms with E-state index in [4.69, 9.17) is 22.1 Å². The number of nitrogens with one attached hydrogen (secondary N) is 2. The summed E-state index contributed by atoms with van der Waals surface area (Å²) in [7, 11) is 2.04. The van der Waals surface area contributed by atoms with Crippen LogP contribution in [-0.2, 0) is 0 Å². The van der Waals surface area contributed by atoms with E-state index >= 15 is 0 Å². The monoisotopic (exact) mass is 638 g/mol. The van der Waals surface area contributed by atoms with Gasteiger partial charge < -0.3 is 40.6 Å². The zero-order valence-electron chi connectivity index (χ0n) is 25.4. The Kier molecular flexibility index (Phi) is 7.94. The van der Waals surface area contributed by atoms with E-state index in [0.29, 0.717) is 53.9 Å². The second kappa shape index (κ2) is 12.2. The molecular weight excluding hydrogens is 604 g/mol. The van der Waals surface area contributed by atoms with E-state index in [1.807, 2.05) is 66.5 Å². The molecule has 46 heavy (non-hydrogen) atoms. The van der Waals surface area contributed by atoms with Crippen molar-refractivity contribution in [2.75, 3.05) is 61.6 Å². The van der Waals surface area contributed by atoms with Crippen molar-refractivity contribution in [1.29, 1.82) is 0 Å². The molecule has 0 radical (unpaired) electrons. The zero-order chi connectivity index (χ0) is 31.9. The summed E-state index contributed by atoms with van der Waals surface area (Å²) in [6.07, 6.45) is -1.42. The Morgan fingerprint density at radius 3 is 2.50 bits per heavy atom. The van der Waals surface area contributed by atoms with Crippen LogP contribution in [0.4, 0.5) is 21.9 Å². The van der Waals surface area contributed by atoms with Gasteiger partial charge in [0, 0.05) is 89.5 Å². The Labute approximate surface area is 271 Å². The van der Waals surface area contributed by atoms with Gasteiger partial charge in [-0.25, -0.2) is 4.79 Å². The van der Waals surface area contributed by atoms with Crippen molar-refractivity contribution < 1.29 is 19.4 Å². The Hall–Kier alpha value is -4.77. The molecule has 1 unspecified atom stereocenters. The van der Waals surface area contributed by atoms with Gasteiger partial charge in [-0.3, -0.25) is 4.79 Å². The number of likely N-dealkylation sites (N-methyl/N-ethyl adjacent to an activating group) is 1. The first kappa shape index (κ1) is 29.9. The van der Waals surface area contributed by atoms with Gasteiger partial charge in [-0.15, -0.1) is 11.6 Å². The lowest BCUT2D eigenvalue weighted by atomic mass is 9.95. The number of carbonyl (C=O) groups is 2. The van der Waals surface area contributed by atoms with E-state index < -0.39 is 6.23 Å². The van der Waals surface area contributed by atoms with Crippen molar-refractivity contribution in [3.63, 3.8) is 0 Å². The average Bonchev–Trinajstić information content (AvgIpc) is 3.66. The van der Waals surface area contributed by atoms with Crippen LogP contribution in [0.5, 0.6) is 5.75 Å². The summed E-state index contributed by atoms with van der Waals surface area (Å²) in [4.78, 5) is 35.1. The lowest BCUT2D eigenvalue weighted by Gasteiger charge is -2.31. The predicted octanol–water partition coefficient (Wildman–Crippen LogP) is 5.74. The molecule has 1 fully saturated rings. The Bertz CT molecular complexity index is 1940. The number of hydrogen-bond donors (Lipinski definition) is 4. The average molecular weight is 639 g/mol. The molecule has 1 saturated heterocycles. The van der Waals surface area contributed by atoms with E-state index in [0.717, 1.165) is 46.0 Å². The van der Waals surface area contributed by atoms with E-state index in [1.54, 1.807) is 29.2 Å². The summed E-state index contributed by atoms with van der Waals surface area (Å²) in [5, 5.41) is 17.3. The Morgan fingerprint density at radius 2 is 1.76 bits per heavy atom. The van der Waals surface area contributed by atoms with Crippen LogP contribution in [0.3, 0.4) is 0 Å². The van der Waals surface area contributed by atoms with Gasteiger partial charge in [0.15, 0.2) is 6.23 Å². The number of nitrogen functional groups attached to an aromatic ring is 1. The van der Waals surface area contributed by atoms with Crippen LogP contribution in [0.1, 0.15) is 33.8 Å². The van der Waals surface area contributed by atoms with Crippen LogP contribution in [0.2, 0.25) is 0 Å². The van der Waals surface area contributed by atoms with Crippen molar-refractivity contribution in [2.45, 2.75) is 12.1 Å². The number of nitrogens with zero attached hydrogens (tertiary/aromatic N) is 3. The molecule has 3 heterocycles. The Balaban J connectivity index is 1.18. The van der Waals surface area contributed by atoms with Gasteiger partial charge in [-0.1, -0.05) is 24.3 Å². The minimum atomic E-state index is -1.03. The molecule has 4 aromatic carbocycles. The number of halogens is 1. The molecule has 1 aromatic heterocycles. The molecule has 2 atom stereocenters. The first-order valence-electron chi connectivity index (χ1n) is 15.3. The van der Waals surface area contributed by atoms with Gasteiger partial charge >= 0.3 is 6.09 Å². The van der Waals surface area contributed by atoms with Gasteiger partial charge in [0.05, 0.1) is 5.69 Å². The molecule has 7 rings (SSSR count). The van der Waals surface area contributed by atoms with Crippen molar-refractivity contribution in [2.24, 2.45) is 0 Å².